The fraction of sp³-hybridized carbons (Fsp3) is 0.438. The van der Waals surface area contributed by atoms with Gasteiger partial charge in [-0.3, -0.25) is 0 Å². The summed E-state index contributed by atoms with van der Waals surface area (Å²) in [6.45, 7) is 4.44. The molecule has 2 rings (SSSR count). The molecule has 20 heavy (non-hydrogen) atoms. The Morgan fingerprint density at radius 1 is 1.40 bits per heavy atom. The third-order valence-electron chi connectivity index (χ3n) is 3.02. The molecule has 1 N–H and O–H groups in total. The van der Waals surface area contributed by atoms with Crippen LogP contribution in [0.4, 0.5) is 5.69 Å². The van der Waals surface area contributed by atoms with Crippen LogP contribution >= 0.6 is 0 Å². The van der Waals surface area contributed by atoms with E-state index in [1.165, 1.54) is 0 Å². The third-order valence-corrected chi connectivity index (χ3v) is 3.02. The number of hydrogen-bond acceptors (Lipinski definition) is 4. The second-order valence-corrected chi connectivity index (χ2v) is 5.12. The van der Waals surface area contributed by atoms with Gasteiger partial charge in [0, 0.05) is 5.69 Å². The average molecular weight is 275 g/mol. The van der Waals surface area contributed by atoms with Gasteiger partial charge >= 0.3 is 5.97 Å². The molecule has 4 nitrogen and oxygen atoms in total. The summed E-state index contributed by atoms with van der Waals surface area (Å²) in [6.07, 6.45) is 6.00. The molecular formula is C16H21NO3. The normalized spacial score (nSPS) is 17.6. The van der Waals surface area contributed by atoms with E-state index in [-0.39, 0.29) is 18.2 Å². The number of ether oxygens (including phenoxy) is 2. The SMILES string of the molecule is CC(C)OC(=O)c1ccc(NCC2CCC=CO2)cc1. The Balaban J connectivity index is 1.84. The van der Waals surface area contributed by atoms with Crippen molar-refractivity contribution in [2.45, 2.75) is 38.9 Å². The van der Waals surface area contributed by atoms with Gasteiger partial charge in [0.1, 0.15) is 6.10 Å². The number of benzene rings is 1. The second-order valence-electron chi connectivity index (χ2n) is 5.12. The molecule has 0 fully saturated rings. The molecule has 1 unspecified atom stereocenters. The highest BCUT2D eigenvalue weighted by molar-refractivity contribution is 5.89. The van der Waals surface area contributed by atoms with E-state index in [4.69, 9.17) is 9.47 Å². The van der Waals surface area contributed by atoms with E-state index in [9.17, 15) is 4.79 Å². The molecule has 0 amide bonds. The topological polar surface area (TPSA) is 47.6 Å². The molecule has 1 atom stereocenters. The van der Waals surface area contributed by atoms with Gasteiger partial charge in [-0.2, -0.15) is 0 Å². The Morgan fingerprint density at radius 2 is 2.15 bits per heavy atom. The van der Waals surface area contributed by atoms with Crippen LogP contribution < -0.4 is 5.32 Å². The summed E-state index contributed by atoms with van der Waals surface area (Å²) >= 11 is 0. The maximum atomic E-state index is 11.7. The average Bonchev–Trinajstić information content (AvgIpc) is 2.46. The van der Waals surface area contributed by atoms with Gasteiger partial charge in [-0.15, -0.1) is 0 Å². The van der Waals surface area contributed by atoms with Crippen LogP contribution in [0.2, 0.25) is 0 Å². The van der Waals surface area contributed by atoms with E-state index in [1.54, 1.807) is 18.4 Å². The quantitative estimate of drug-likeness (QED) is 0.837. The number of carbonyl (C=O) groups is 1. The van der Waals surface area contributed by atoms with Gasteiger partial charge in [-0.05, 0) is 57.0 Å². The van der Waals surface area contributed by atoms with Crippen molar-refractivity contribution in [1.82, 2.24) is 0 Å². The number of rotatable bonds is 5. The highest BCUT2D eigenvalue weighted by Crippen LogP contribution is 2.14. The first-order valence-electron chi connectivity index (χ1n) is 7.00. The molecule has 1 aliphatic rings. The van der Waals surface area contributed by atoms with E-state index in [0.29, 0.717) is 5.56 Å². The highest BCUT2D eigenvalue weighted by Gasteiger charge is 2.11. The van der Waals surface area contributed by atoms with Crippen LogP contribution in [0.3, 0.4) is 0 Å². The smallest absolute Gasteiger partial charge is 0.338 e. The Hall–Kier alpha value is -1.97. The number of hydrogen-bond donors (Lipinski definition) is 1. The summed E-state index contributed by atoms with van der Waals surface area (Å²) in [6, 6.07) is 7.31. The van der Waals surface area contributed by atoms with Gasteiger partial charge in [0.15, 0.2) is 0 Å². The van der Waals surface area contributed by atoms with Crippen molar-refractivity contribution in [3.63, 3.8) is 0 Å². The van der Waals surface area contributed by atoms with E-state index in [1.807, 2.05) is 32.1 Å². The second kappa shape index (κ2) is 6.98. The molecular weight excluding hydrogens is 254 g/mol. The summed E-state index contributed by atoms with van der Waals surface area (Å²) < 4.78 is 10.6. The molecule has 0 radical (unpaired) electrons. The van der Waals surface area contributed by atoms with Crippen LogP contribution in [0.5, 0.6) is 0 Å². The van der Waals surface area contributed by atoms with E-state index >= 15 is 0 Å². The minimum Gasteiger partial charge on any atom is -0.497 e. The van der Waals surface area contributed by atoms with Gasteiger partial charge in [-0.25, -0.2) is 4.79 Å². The maximum Gasteiger partial charge on any atom is 0.338 e. The van der Waals surface area contributed by atoms with Crippen molar-refractivity contribution in [3.05, 3.63) is 42.2 Å². The lowest BCUT2D eigenvalue weighted by atomic mass is 10.1. The summed E-state index contributed by atoms with van der Waals surface area (Å²) in [5, 5.41) is 3.31. The molecule has 0 aromatic heterocycles. The van der Waals surface area contributed by atoms with Crippen LogP contribution in [-0.2, 0) is 9.47 Å². The Kier molecular flexibility index (Phi) is 5.04. The van der Waals surface area contributed by atoms with Crippen LogP contribution in [0.1, 0.15) is 37.0 Å². The molecule has 0 aliphatic carbocycles. The molecule has 108 valence electrons. The van der Waals surface area contributed by atoms with Crippen LogP contribution in [0.25, 0.3) is 0 Å². The largest absolute Gasteiger partial charge is 0.497 e. The molecule has 1 aromatic rings. The van der Waals surface area contributed by atoms with E-state index in [0.717, 1.165) is 25.1 Å². The molecule has 1 aromatic carbocycles. The third kappa shape index (κ3) is 4.30. The van der Waals surface area contributed by atoms with Crippen LogP contribution in [0.15, 0.2) is 36.6 Å². The lowest BCUT2D eigenvalue weighted by molar-refractivity contribution is 0.0378. The van der Waals surface area contributed by atoms with Crippen molar-refractivity contribution in [2.75, 3.05) is 11.9 Å². The van der Waals surface area contributed by atoms with Gasteiger partial charge in [0.25, 0.3) is 0 Å². The molecule has 0 bridgehead atoms. The summed E-state index contributed by atoms with van der Waals surface area (Å²) in [5.41, 5.74) is 1.55. The lowest BCUT2D eigenvalue weighted by Crippen LogP contribution is -2.22. The Morgan fingerprint density at radius 3 is 2.75 bits per heavy atom. The summed E-state index contributed by atoms with van der Waals surface area (Å²) in [5.74, 6) is -0.285. The zero-order chi connectivity index (χ0) is 14.4. The summed E-state index contributed by atoms with van der Waals surface area (Å²) in [4.78, 5) is 11.7. The zero-order valence-corrected chi connectivity index (χ0v) is 12.0. The van der Waals surface area contributed by atoms with Crippen molar-refractivity contribution in [1.29, 1.82) is 0 Å². The lowest BCUT2D eigenvalue weighted by Gasteiger charge is -2.20. The molecule has 4 heteroatoms. The zero-order valence-electron chi connectivity index (χ0n) is 12.0. The van der Waals surface area contributed by atoms with Crippen molar-refractivity contribution in [2.24, 2.45) is 0 Å². The number of esters is 1. The number of anilines is 1. The Bertz CT molecular complexity index is 465. The molecule has 1 aliphatic heterocycles. The first kappa shape index (κ1) is 14.4. The standard InChI is InChI=1S/C16H21NO3/c1-12(2)20-16(18)13-6-8-14(9-7-13)17-11-15-5-3-4-10-19-15/h4,6-10,12,15,17H,3,5,11H2,1-2H3. The minimum atomic E-state index is -0.285. The number of nitrogens with one attached hydrogen (secondary N) is 1. The molecule has 0 spiro atoms. The Labute approximate surface area is 119 Å². The van der Waals surface area contributed by atoms with Gasteiger partial charge in [0.05, 0.1) is 24.5 Å². The van der Waals surface area contributed by atoms with Crippen molar-refractivity contribution in [3.8, 4) is 0 Å². The van der Waals surface area contributed by atoms with Gasteiger partial charge < -0.3 is 14.8 Å². The first-order chi connectivity index (χ1) is 9.65. The highest BCUT2D eigenvalue weighted by atomic mass is 16.5. The van der Waals surface area contributed by atoms with Crippen LogP contribution in [-0.4, -0.2) is 24.7 Å². The summed E-state index contributed by atoms with van der Waals surface area (Å²) in [7, 11) is 0. The van der Waals surface area contributed by atoms with Gasteiger partial charge in [-0.1, -0.05) is 0 Å². The predicted molar refractivity (Wildman–Crippen MR) is 78.7 cm³/mol. The number of carbonyl (C=O) groups excluding carboxylic acids is 1. The predicted octanol–water partition coefficient (Wildman–Crippen LogP) is 3.36. The minimum absolute atomic E-state index is 0.100. The fourth-order valence-corrected chi connectivity index (χ4v) is 1.97. The van der Waals surface area contributed by atoms with Gasteiger partial charge in [0.2, 0.25) is 0 Å². The molecule has 0 saturated heterocycles. The number of allylic oxidation sites excluding steroid dienone is 1. The van der Waals surface area contributed by atoms with Crippen LogP contribution in [0, 0.1) is 0 Å². The maximum absolute atomic E-state index is 11.7. The van der Waals surface area contributed by atoms with Crippen molar-refractivity contribution >= 4 is 11.7 Å². The fourth-order valence-electron chi connectivity index (χ4n) is 1.97. The molecule has 0 saturated carbocycles. The first-order valence-corrected chi connectivity index (χ1v) is 7.00. The monoisotopic (exact) mass is 275 g/mol. The van der Waals surface area contributed by atoms with Crippen molar-refractivity contribution < 1.29 is 14.3 Å². The van der Waals surface area contributed by atoms with E-state index in [2.05, 4.69) is 5.32 Å². The molecule has 1 heterocycles. The van der Waals surface area contributed by atoms with E-state index < -0.39 is 0 Å².